The minimum Gasteiger partial charge on any atom is -0.328 e. The van der Waals surface area contributed by atoms with Gasteiger partial charge in [0.1, 0.15) is 5.82 Å². The molecule has 0 bridgehead atoms. The summed E-state index contributed by atoms with van der Waals surface area (Å²) in [7, 11) is 0. The lowest BCUT2D eigenvalue weighted by Gasteiger charge is -2.10. The first-order chi connectivity index (χ1) is 8.61. The highest BCUT2D eigenvalue weighted by Gasteiger charge is 2.13. The zero-order valence-electron chi connectivity index (χ0n) is 10.7. The Morgan fingerprint density at radius 3 is 2.56 bits per heavy atom. The monoisotopic (exact) mass is 247 g/mol. The number of benzene rings is 1. The molecule has 1 atom stereocenters. The molecule has 2 N–H and O–H groups in total. The van der Waals surface area contributed by atoms with Gasteiger partial charge in [-0.3, -0.25) is 4.68 Å². The van der Waals surface area contributed by atoms with E-state index in [4.69, 9.17) is 5.73 Å². The summed E-state index contributed by atoms with van der Waals surface area (Å²) in [6, 6.07) is 6.58. The minimum atomic E-state index is -0.227. The highest BCUT2D eigenvalue weighted by Crippen LogP contribution is 2.25. The third-order valence-electron chi connectivity index (χ3n) is 2.87. The van der Waals surface area contributed by atoms with Crippen LogP contribution in [0, 0.1) is 5.82 Å². The second-order valence-electron chi connectivity index (χ2n) is 4.52. The Bertz CT molecular complexity index is 514. The van der Waals surface area contributed by atoms with E-state index in [2.05, 4.69) is 5.10 Å². The van der Waals surface area contributed by atoms with E-state index in [1.807, 2.05) is 24.7 Å². The van der Waals surface area contributed by atoms with Gasteiger partial charge in [0.25, 0.3) is 0 Å². The van der Waals surface area contributed by atoms with Crippen LogP contribution >= 0.6 is 0 Å². The lowest BCUT2D eigenvalue weighted by atomic mass is 10.0. The average Bonchev–Trinajstić information content (AvgIpc) is 2.72. The van der Waals surface area contributed by atoms with E-state index >= 15 is 0 Å². The molecule has 0 aliphatic heterocycles. The topological polar surface area (TPSA) is 43.8 Å². The first-order valence-electron chi connectivity index (χ1n) is 6.18. The maximum atomic E-state index is 13.0. The molecule has 2 aromatic rings. The highest BCUT2D eigenvalue weighted by molar-refractivity contribution is 5.63. The Labute approximate surface area is 106 Å². The Morgan fingerprint density at radius 1 is 1.33 bits per heavy atom. The first-order valence-corrected chi connectivity index (χ1v) is 6.18. The second kappa shape index (κ2) is 5.31. The summed E-state index contributed by atoms with van der Waals surface area (Å²) in [5, 5.41) is 4.35. The van der Waals surface area contributed by atoms with Gasteiger partial charge in [0, 0.05) is 18.2 Å². The molecule has 0 spiro atoms. The molecule has 18 heavy (non-hydrogen) atoms. The molecular weight excluding hydrogens is 229 g/mol. The summed E-state index contributed by atoms with van der Waals surface area (Å²) < 4.78 is 14.9. The molecule has 2 rings (SSSR count). The van der Waals surface area contributed by atoms with Crippen molar-refractivity contribution in [3.63, 3.8) is 0 Å². The van der Waals surface area contributed by atoms with Crippen LogP contribution in [-0.4, -0.2) is 15.8 Å². The van der Waals surface area contributed by atoms with Crippen molar-refractivity contribution in [1.29, 1.82) is 0 Å². The van der Waals surface area contributed by atoms with Crippen molar-refractivity contribution < 1.29 is 4.39 Å². The molecule has 1 unspecified atom stereocenters. The lowest BCUT2D eigenvalue weighted by Crippen LogP contribution is -2.18. The summed E-state index contributed by atoms with van der Waals surface area (Å²) in [6.07, 6.45) is 2.62. The number of nitrogens with two attached hydrogens (primary N) is 1. The van der Waals surface area contributed by atoms with Gasteiger partial charge in [-0.25, -0.2) is 4.39 Å². The number of aryl methyl sites for hydroxylation is 1. The molecule has 1 aromatic carbocycles. The van der Waals surface area contributed by atoms with Crippen LogP contribution in [0.2, 0.25) is 0 Å². The van der Waals surface area contributed by atoms with Gasteiger partial charge in [0.05, 0.1) is 11.9 Å². The third kappa shape index (κ3) is 2.59. The minimum absolute atomic E-state index is 0.0821. The fourth-order valence-electron chi connectivity index (χ4n) is 2.10. The molecule has 0 radical (unpaired) electrons. The van der Waals surface area contributed by atoms with Gasteiger partial charge < -0.3 is 5.73 Å². The Morgan fingerprint density at radius 2 is 2.00 bits per heavy atom. The van der Waals surface area contributed by atoms with Crippen molar-refractivity contribution in [2.45, 2.75) is 32.9 Å². The molecule has 0 saturated heterocycles. The molecule has 1 aromatic heterocycles. The van der Waals surface area contributed by atoms with Crippen molar-refractivity contribution in [3.8, 4) is 11.3 Å². The van der Waals surface area contributed by atoms with Crippen molar-refractivity contribution in [3.05, 3.63) is 41.8 Å². The molecule has 0 aliphatic rings. The molecule has 0 aliphatic carbocycles. The number of hydrogen-bond acceptors (Lipinski definition) is 2. The molecular formula is C14H18FN3. The third-order valence-corrected chi connectivity index (χ3v) is 2.87. The number of rotatable bonds is 4. The Hall–Kier alpha value is -1.68. The maximum Gasteiger partial charge on any atom is 0.123 e. The summed E-state index contributed by atoms with van der Waals surface area (Å²) >= 11 is 0. The van der Waals surface area contributed by atoms with Gasteiger partial charge in [-0.2, -0.15) is 5.10 Å². The van der Waals surface area contributed by atoms with Crippen molar-refractivity contribution in [2.75, 3.05) is 0 Å². The number of aromatic nitrogens is 2. The van der Waals surface area contributed by atoms with E-state index < -0.39 is 0 Å². The standard InChI is InChI=1S/C14H18FN3/c1-3-18-14(11-4-6-13(15)7-5-11)12(9-17-18)8-10(2)16/h4-7,9-10H,3,8,16H2,1-2H3. The van der Waals surface area contributed by atoms with Crippen LogP contribution in [0.3, 0.4) is 0 Å². The zero-order valence-corrected chi connectivity index (χ0v) is 10.7. The average molecular weight is 247 g/mol. The van der Waals surface area contributed by atoms with E-state index in [-0.39, 0.29) is 11.9 Å². The van der Waals surface area contributed by atoms with E-state index in [9.17, 15) is 4.39 Å². The fraction of sp³-hybridized carbons (Fsp3) is 0.357. The molecule has 96 valence electrons. The van der Waals surface area contributed by atoms with Gasteiger partial charge in [-0.1, -0.05) is 0 Å². The van der Waals surface area contributed by atoms with Crippen LogP contribution in [0.25, 0.3) is 11.3 Å². The van der Waals surface area contributed by atoms with Crippen LogP contribution in [0.15, 0.2) is 30.5 Å². The number of nitrogens with zero attached hydrogens (tertiary/aromatic N) is 2. The van der Waals surface area contributed by atoms with Gasteiger partial charge in [-0.05, 0) is 50.1 Å². The largest absolute Gasteiger partial charge is 0.328 e. The van der Waals surface area contributed by atoms with E-state index in [1.165, 1.54) is 12.1 Å². The molecule has 4 heteroatoms. The summed E-state index contributed by atoms with van der Waals surface area (Å²) in [4.78, 5) is 0. The van der Waals surface area contributed by atoms with Crippen molar-refractivity contribution in [1.82, 2.24) is 9.78 Å². The van der Waals surface area contributed by atoms with Gasteiger partial charge in [0.15, 0.2) is 0 Å². The fourth-order valence-corrected chi connectivity index (χ4v) is 2.10. The van der Waals surface area contributed by atoms with Crippen LogP contribution in [-0.2, 0) is 13.0 Å². The van der Waals surface area contributed by atoms with E-state index in [1.54, 1.807) is 12.1 Å². The second-order valence-corrected chi connectivity index (χ2v) is 4.52. The van der Waals surface area contributed by atoms with Crippen LogP contribution in [0.5, 0.6) is 0 Å². The van der Waals surface area contributed by atoms with E-state index in [0.717, 1.165) is 29.8 Å². The summed E-state index contributed by atoms with van der Waals surface area (Å²) in [5.41, 5.74) is 8.97. The van der Waals surface area contributed by atoms with Crippen molar-refractivity contribution in [2.24, 2.45) is 5.73 Å². The van der Waals surface area contributed by atoms with Gasteiger partial charge >= 0.3 is 0 Å². The zero-order chi connectivity index (χ0) is 13.1. The van der Waals surface area contributed by atoms with Crippen molar-refractivity contribution >= 4 is 0 Å². The summed E-state index contributed by atoms with van der Waals surface area (Å²) in [5.74, 6) is -0.227. The molecule has 3 nitrogen and oxygen atoms in total. The van der Waals surface area contributed by atoms with Crippen LogP contribution in [0.4, 0.5) is 4.39 Å². The van der Waals surface area contributed by atoms with Crippen LogP contribution in [0.1, 0.15) is 19.4 Å². The molecule has 0 saturated carbocycles. The maximum absolute atomic E-state index is 13.0. The predicted octanol–water partition coefficient (Wildman–Crippen LogP) is 2.60. The Kier molecular flexibility index (Phi) is 3.77. The lowest BCUT2D eigenvalue weighted by molar-refractivity contribution is 0.627. The molecule has 1 heterocycles. The predicted molar refractivity (Wildman–Crippen MR) is 70.6 cm³/mol. The first kappa shape index (κ1) is 12.8. The molecule has 0 amide bonds. The van der Waals surface area contributed by atoms with Crippen LogP contribution < -0.4 is 5.73 Å². The quantitative estimate of drug-likeness (QED) is 0.902. The van der Waals surface area contributed by atoms with E-state index in [0.29, 0.717) is 0 Å². The van der Waals surface area contributed by atoms with Gasteiger partial charge in [-0.15, -0.1) is 0 Å². The highest BCUT2D eigenvalue weighted by atomic mass is 19.1. The number of halogens is 1. The Balaban J connectivity index is 2.46. The number of hydrogen-bond donors (Lipinski definition) is 1. The molecule has 0 fully saturated rings. The smallest absolute Gasteiger partial charge is 0.123 e. The summed E-state index contributed by atoms with van der Waals surface area (Å²) in [6.45, 7) is 4.79. The normalized spacial score (nSPS) is 12.7. The SMILES string of the molecule is CCn1ncc(CC(C)N)c1-c1ccc(F)cc1. The van der Waals surface area contributed by atoms with Gasteiger partial charge in [0.2, 0.25) is 0 Å².